The molecule has 140 valence electrons. The molecule has 0 heterocycles. The molecule has 0 saturated heterocycles. The van der Waals surface area contributed by atoms with Crippen LogP contribution in [0.2, 0.25) is 0 Å². The second kappa shape index (κ2) is 7.27. The van der Waals surface area contributed by atoms with E-state index < -0.39 is 42.1 Å². The third-order valence-corrected chi connectivity index (χ3v) is 4.27. The van der Waals surface area contributed by atoms with Crippen LogP contribution in [0.4, 0.5) is 22.0 Å². The van der Waals surface area contributed by atoms with Gasteiger partial charge in [-0.05, 0) is 43.4 Å². The van der Waals surface area contributed by atoms with Gasteiger partial charge in [0.15, 0.2) is 0 Å². The topological polar surface area (TPSA) is 49.3 Å². The van der Waals surface area contributed by atoms with Gasteiger partial charge in [0.05, 0.1) is 5.56 Å². The van der Waals surface area contributed by atoms with Gasteiger partial charge < -0.3 is 5.11 Å². The molecule has 2 rings (SSSR count). The summed E-state index contributed by atoms with van der Waals surface area (Å²) in [6.45, 7) is 1.53. The van der Waals surface area contributed by atoms with Crippen LogP contribution in [0.3, 0.4) is 0 Å². The highest BCUT2D eigenvalue weighted by Crippen LogP contribution is 2.41. The number of hydrogen-bond donors (Lipinski definition) is 2. The molecule has 0 radical (unpaired) electrons. The summed E-state index contributed by atoms with van der Waals surface area (Å²) in [7, 11) is 0. The first-order valence-electron chi connectivity index (χ1n) is 8.02. The first-order chi connectivity index (χ1) is 11.5. The lowest BCUT2D eigenvalue weighted by Gasteiger charge is -2.25. The van der Waals surface area contributed by atoms with Crippen molar-refractivity contribution in [1.82, 2.24) is 5.32 Å². The number of aliphatic carboxylic acids is 1. The summed E-state index contributed by atoms with van der Waals surface area (Å²) in [6.07, 6.45) is -4.16. The standard InChI is InChI=1S/C17H20F5NO2/c1-10(12-4-6-13(7-5-12)17(20,21)22)23-14(15(24)25)9-16(18,19)8-11-2-3-11/h4-7,10-11,14,23H,2-3,8-9H2,1H3,(H,24,25)/t10?,14-/m0/s1. The van der Waals surface area contributed by atoms with E-state index >= 15 is 0 Å². The largest absolute Gasteiger partial charge is 0.480 e. The fourth-order valence-electron chi connectivity index (χ4n) is 2.70. The zero-order valence-corrected chi connectivity index (χ0v) is 13.6. The van der Waals surface area contributed by atoms with E-state index in [1.54, 1.807) is 0 Å². The van der Waals surface area contributed by atoms with Crippen LogP contribution in [0.1, 0.15) is 49.8 Å². The predicted molar refractivity (Wildman–Crippen MR) is 81.3 cm³/mol. The maximum absolute atomic E-state index is 13.9. The monoisotopic (exact) mass is 365 g/mol. The van der Waals surface area contributed by atoms with Crippen molar-refractivity contribution < 1.29 is 31.9 Å². The van der Waals surface area contributed by atoms with Crippen molar-refractivity contribution in [2.45, 2.75) is 56.8 Å². The summed E-state index contributed by atoms with van der Waals surface area (Å²) in [4.78, 5) is 11.3. The third kappa shape index (κ3) is 5.95. The van der Waals surface area contributed by atoms with E-state index in [1.807, 2.05) is 0 Å². The van der Waals surface area contributed by atoms with Gasteiger partial charge >= 0.3 is 12.1 Å². The summed E-state index contributed by atoms with van der Waals surface area (Å²) in [5.74, 6) is -4.54. The van der Waals surface area contributed by atoms with Crippen molar-refractivity contribution in [2.75, 3.05) is 0 Å². The fourth-order valence-corrected chi connectivity index (χ4v) is 2.70. The van der Waals surface area contributed by atoms with Crippen LogP contribution in [-0.2, 0) is 11.0 Å². The van der Waals surface area contributed by atoms with Crippen molar-refractivity contribution in [3.05, 3.63) is 35.4 Å². The number of hydrogen-bond acceptors (Lipinski definition) is 2. The quantitative estimate of drug-likeness (QED) is 0.660. The van der Waals surface area contributed by atoms with E-state index in [2.05, 4.69) is 5.32 Å². The molecule has 1 aromatic carbocycles. The van der Waals surface area contributed by atoms with Crippen LogP contribution in [0, 0.1) is 5.92 Å². The fraction of sp³-hybridized carbons (Fsp3) is 0.588. The minimum atomic E-state index is -4.47. The molecular formula is C17H20F5NO2. The Morgan fingerprint density at radius 1 is 1.20 bits per heavy atom. The van der Waals surface area contributed by atoms with E-state index in [0.29, 0.717) is 5.56 Å². The lowest BCUT2D eigenvalue weighted by atomic mass is 10.0. The Labute approximate surface area is 142 Å². The highest BCUT2D eigenvalue weighted by molar-refractivity contribution is 5.73. The summed E-state index contributed by atoms with van der Waals surface area (Å²) < 4.78 is 65.5. The predicted octanol–water partition coefficient (Wildman–Crippen LogP) is 4.63. The van der Waals surface area contributed by atoms with Crippen LogP contribution in [0.15, 0.2) is 24.3 Å². The van der Waals surface area contributed by atoms with Gasteiger partial charge in [0.1, 0.15) is 6.04 Å². The van der Waals surface area contributed by atoms with E-state index in [4.69, 9.17) is 0 Å². The van der Waals surface area contributed by atoms with Crippen LogP contribution >= 0.6 is 0 Å². The minimum absolute atomic E-state index is 0.0446. The van der Waals surface area contributed by atoms with Crippen LogP contribution < -0.4 is 5.32 Å². The highest BCUT2D eigenvalue weighted by Gasteiger charge is 2.41. The molecule has 2 atom stereocenters. The molecule has 0 aromatic heterocycles. The Bertz CT molecular complexity index is 596. The summed E-state index contributed by atoms with van der Waals surface area (Å²) in [6, 6.07) is 2.02. The maximum Gasteiger partial charge on any atom is 0.416 e. The zero-order chi connectivity index (χ0) is 18.8. The van der Waals surface area contributed by atoms with Gasteiger partial charge in [0.2, 0.25) is 0 Å². The molecule has 0 spiro atoms. The molecule has 25 heavy (non-hydrogen) atoms. The van der Waals surface area contributed by atoms with Gasteiger partial charge in [-0.1, -0.05) is 12.1 Å². The smallest absolute Gasteiger partial charge is 0.416 e. The number of carboxylic acids is 1. The Kier molecular flexibility index (Phi) is 5.71. The molecule has 1 aliphatic carbocycles. The number of carbonyl (C=O) groups is 1. The normalized spacial score (nSPS) is 18.0. The second-order valence-corrected chi connectivity index (χ2v) is 6.61. The molecule has 1 saturated carbocycles. The first-order valence-corrected chi connectivity index (χ1v) is 8.02. The van der Waals surface area contributed by atoms with E-state index in [0.717, 1.165) is 25.0 Å². The molecule has 1 aromatic rings. The van der Waals surface area contributed by atoms with Crippen LogP contribution in [0.25, 0.3) is 0 Å². The van der Waals surface area contributed by atoms with Crippen LogP contribution in [-0.4, -0.2) is 23.0 Å². The summed E-state index contributed by atoms with van der Waals surface area (Å²) in [5, 5.41) is 11.8. The number of carboxylic acid groups (broad SMARTS) is 1. The van der Waals surface area contributed by atoms with Crippen LogP contribution in [0.5, 0.6) is 0 Å². The number of alkyl halides is 5. The molecule has 1 unspecified atom stereocenters. The average molecular weight is 365 g/mol. The van der Waals surface area contributed by atoms with Gasteiger partial charge in [-0.25, -0.2) is 8.78 Å². The Morgan fingerprint density at radius 2 is 1.76 bits per heavy atom. The summed E-state index contributed by atoms with van der Waals surface area (Å²) in [5.41, 5.74) is -0.432. The van der Waals surface area contributed by atoms with Gasteiger partial charge in [-0.15, -0.1) is 0 Å². The van der Waals surface area contributed by atoms with Gasteiger partial charge in [0.25, 0.3) is 5.92 Å². The zero-order valence-electron chi connectivity index (χ0n) is 13.6. The van der Waals surface area contributed by atoms with Crippen molar-refractivity contribution in [3.63, 3.8) is 0 Å². The van der Waals surface area contributed by atoms with Crippen molar-refractivity contribution in [3.8, 4) is 0 Å². The molecule has 1 aliphatic rings. The van der Waals surface area contributed by atoms with Gasteiger partial charge in [0, 0.05) is 18.9 Å². The Balaban J connectivity index is 2.01. The molecular weight excluding hydrogens is 345 g/mol. The first kappa shape index (κ1) is 19.6. The van der Waals surface area contributed by atoms with E-state index in [-0.39, 0.29) is 12.3 Å². The Morgan fingerprint density at radius 3 is 2.20 bits per heavy atom. The molecule has 0 amide bonds. The van der Waals surface area contributed by atoms with Crippen molar-refractivity contribution >= 4 is 5.97 Å². The number of nitrogens with one attached hydrogen (secondary N) is 1. The van der Waals surface area contributed by atoms with E-state index in [1.165, 1.54) is 19.1 Å². The van der Waals surface area contributed by atoms with Gasteiger partial charge in [-0.3, -0.25) is 10.1 Å². The lowest BCUT2D eigenvalue weighted by Crippen LogP contribution is -2.42. The molecule has 0 bridgehead atoms. The van der Waals surface area contributed by atoms with Crippen molar-refractivity contribution in [1.29, 1.82) is 0 Å². The molecule has 1 fully saturated rings. The summed E-state index contributed by atoms with van der Waals surface area (Å²) >= 11 is 0. The third-order valence-electron chi connectivity index (χ3n) is 4.27. The molecule has 2 N–H and O–H groups in total. The molecule has 8 heteroatoms. The Hall–Kier alpha value is -1.70. The SMILES string of the molecule is CC(N[C@@H](CC(F)(F)CC1CC1)C(=O)O)c1ccc(C(F)(F)F)cc1. The number of halogens is 5. The maximum atomic E-state index is 13.9. The average Bonchev–Trinajstić information content (AvgIpc) is 3.28. The number of benzene rings is 1. The molecule has 0 aliphatic heterocycles. The second-order valence-electron chi connectivity index (χ2n) is 6.61. The minimum Gasteiger partial charge on any atom is -0.480 e. The van der Waals surface area contributed by atoms with Gasteiger partial charge in [-0.2, -0.15) is 13.2 Å². The lowest BCUT2D eigenvalue weighted by molar-refractivity contribution is -0.143. The number of rotatable bonds is 8. The molecule has 3 nitrogen and oxygen atoms in total. The van der Waals surface area contributed by atoms with E-state index in [9.17, 15) is 31.9 Å². The highest BCUT2D eigenvalue weighted by atomic mass is 19.4. The van der Waals surface area contributed by atoms with Crippen molar-refractivity contribution in [2.24, 2.45) is 5.92 Å².